The normalized spacial score (nSPS) is 11.0. The van der Waals surface area contributed by atoms with Gasteiger partial charge in [0, 0.05) is 12.7 Å². The zero-order valence-corrected chi connectivity index (χ0v) is 13.3. The SMILES string of the molecule is CCCn1nc(CC)c2nc(Cl)nc(Nc3ccccn3)c21. The van der Waals surface area contributed by atoms with Gasteiger partial charge in [0.25, 0.3) is 0 Å². The molecule has 22 heavy (non-hydrogen) atoms. The Labute approximate surface area is 133 Å². The summed E-state index contributed by atoms with van der Waals surface area (Å²) in [5, 5.41) is 8.06. The number of nitrogens with zero attached hydrogens (tertiary/aromatic N) is 5. The van der Waals surface area contributed by atoms with Gasteiger partial charge in [0.05, 0.1) is 5.69 Å². The van der Waals surface area contributed by atoms with E-state index in [0.29, 0.717) is 11.6 Å². The fourth-order valence-corrected chi connectivity index (χ4v) is 2.54. The highest BCUT2D eigenvalue weighted by Gasteiger charge is 2.17. The summed E-state index contributed by atoms with van der Waals surface area (Å²) >= 11 is 6.09. The van der Waals surface area contributed by atoms with Crippen LogP contribution in [0.25, 0.3) is 11.0 Å². The highest BCUT2D eigenvalue weighted by atomic mass is 35.5. The van der Waals surface area contributed by atoms with Crippen LogP contribution in [0, 0.1) is 0 Å². The van der Waals surface area contributed by atoms with Crippen molar-refractivity contribution in [3.63, 3.8) is 0 Å². The maximum atomic E-state index is 6.09. The third-order valence-corrected chi connectivity index (χ3v) is 3.48. The molecule has 3 aromatic heterocycles. The molecule has 6 nitrogen and oxygen atoms in total. The van der Waals surface area contributed by atoms with Crippen molar-refractivity contribution in [3.05, 3.63) is 35.4 Å². The molecule has 0 aliphatic carbocycles. The third-order valence-electron chi connectivity index (χ3n) is 3.31. The van der Waals surface area contributed by atoms with Gasteiger partial charge in [0.15, 0.2) is 5.82 Å². The Balaban J connectivity index is 2.17. The van der Waals surface area contributed by atoms with Crippen molar-refractivity contribution in [3.8, 4) is 0 Å². The predicted molar refractivity (Wildman–Crippen MR) is 87.5 cm³/mol. The van der Waals surface area contributed by atoms with Gasteiger partial charge in [-0.3, -0.25) is 4.68 Å². The molecular formula is C15H17ClN6. The Morgan fingerprint density at radius 1 is 1.23 bits per heavy atom. The summed E-state index contributed by atoms with van der Waals surface area (Å²) in [6.07, 6.45) is 3.50. The number of fused-ring (bicyclic) bond motifs is 1. The van der Waals surface area contributed by atoms with E-state index in [4.69, 9.17) is 11.6 Å². The molecule has 0 aromatic carbocycles. The average Bonchev–Trinajstić information content (AvgIpc) is 2.86. The minimum Gasteiger partial charge on any atom is -0.323 e. The molecule has 0 unspecified atom stereocenters. The summed E-state index contributed by atoms with van der Waals surface area (Å²) in [6, 6.07) is 5.66. The smallest absolute Gasteiger partial charge is 0.225 e. The van der Waals surface area contributed by atoms with Gasteiger partial charge in [0.2, 0.25) is 5.28 Å². The van der Waals surface area contributed by atoms with Gasteiger partial charge < -0.3 is 5.32 Å². The van der Waals surface area contributed by atoms with Gasteiger partial charge in [-0.1, -0.05) is 19.9 Å². The maximum absolute atomic E-state index is 6.09. The van der Waals surface area contributed by atoms with Crippen LogP contribution in [0.4, 0.5) is 11.6 Å². The molecule has 7 heteroatoms. The van der Waals surface area contributed by atoms with Gasteiger partial charge in [-0.25, -0.2) is 9.97 Å². The van der Waals surface area contributed by atoms with Crippen LogP contribution in [0.3, 0.4) is 0 Å². The molecule has 0 fully saturated rings. The van der Waals surface area contributed by atoms with E-state index in [1.807, 2.05) is 22.9 Å². The van der Waals surface area contributed by atoms with E-state index in [1.54, 1.807) is 6.20 Å². The monoisotopic (exact) mass is 316 g/mol. The largest absolute Gasteiger partial charge is 0.323 e. The number of pyridine rings is 1. The molecule has 0 saturated heterocycles. The number of nitrogens with one attached hydrogen (secondary N) is 1. The average molecular weight is 317 g/mol. The molecule has 3 heterocycles. The summed E-state index contributed by atoms with van der Waals surface area (Å²) in [4.78, 5) is 13.0. The van der Waals surface area contributed by atoms with Crippen molar-refractivity contribution in [2.24, 2.45) is 0 Å². The Bertz CT molecular complexity index is 784. The van der Waals surface area contributed by atoms with E-state index in [9.17, 15) is 0 Å². The number of rotatable bonds is 5. The van der Waals surface area contributed by atoms with Crippen LogP contribution in [-0.4, -0.2) is 24.7 Å². The maximum Gasteiger partial charge on any atom is 0.225 e. The molecule has 0 atom stereocenters. The van der Waals surface area contributed by atoms with E-state index in [-0.39, 0.29) is 5.28 Å². The van der Waals surface area contributed by atoms with Gasteiger partial charge in [-0.15, -0.1) is 0 Å². The lowest BCUT2D eigenvalue weighted by Crippen LogP contribution is -2.04. The van der Waals surface area contributed by atoms with Crippen molar-refractivity contribution < 1.29 is 0 Å². The van der Waals surface area contributed by atoms with Crippen LogP contribution in [-0.2, 0) is 13.0 Å². The number of halogens is 1. The van der Waals surface area contributed by atoms with Crippen molar-refractivity contribution in [1.82, 2.24) is 24.7 Å². The van der Waals surface area contributed by atoms with Crippen LogP contribution in [0.5, 0.6) is 0 Å². The lowest BCUT2D eigenvalue weighted by molar-refractivity contribution is 0.613. The van der Waals surface area contributed by atoms with Gasteiger partial charge >= 0.3 is 0 Å². The summed E-state index contributed by atoms with van der Waals surface area (Å²) in [7, 11) is 0. The quantitative estimate of drug-likeness (QED) is 0.728. The van der Waals surface area contributed by atoms with Crippen LogP contribution in [0.2, 0.25) is 5.28 Å². The topological polar surface area (TPSA) is 68.5 Å². The van der Waals surface area contributed by atoms with Crippen molar-refractivity contribution in [2.75, 3.05) is 5.32 Å². The Hall–Kier alpha value is -2.21. The van der Waals surface area contributed by atoms with Crippen LogP contribution in [0.15, 0.2) is 24.4 Å². The fourth-order valence-electron chi connectivity index (χ4n) is 2.37. The Morgan fingerprint density at radius 2 is 2.09 bits per heavy atom. The van der Waals surface area contributed by atoms with Crippen molar-refractivity contribution >= 4 is 34.3 Å². The molecule has 0 amide bonds. The van der Waals surface area contributed by atoms with E-state index in [0.717, 1.165) is 36.1 Å². The first kappa shape index (κ1) is 14.7. The lowest BCUT2D eigenvalue weighted by atomic mass is 10.3. The first-order valence-corrected chi connectivity index (χ1v) is 7.71. The lowest BCUT2D eigenvalue weighted by Gasteiger charge is -2.08. The highest BCUT2D eigenvalue weighted by Crippen LogP contribution is 2.27. The predicted octanol–water partition coefficient (Wildman–Crippen LogP) is 3.59. The Morgan fingerprint density at radius 3 is 2.77 bits per heavy atom. The molecule has 3 aromatic rings. The standard InChI is InChI=1S/C15H17ClN6/c1-3-9-22-13-12(10(4-2)21-22)19-15(16)20-14(13)18-11-7-5-6-8-17-11/h5-8H,3-4,9H2,1-2H3,(H,17,18,19,20). The van der Waals surface area contributed by atoms with Gasteiger partial charge in [0.1, 0.15) is 16.9 Å². The number of hydrogen-bond acceptors (Lipinski definition) is 5. The molecule has 0 aliphatic rings. The minimum atomic E-state index is 0.205. The summed E-state index contributed by atoms with van der Waals surface area (Å²) in [6.45, 7) is 4.97. The zero-order valence-electron chi connectivity index (χ0n) is 12.5. The van der Waals surface area contributed by atoms with Crippen molar-refractivity contribution in [2.45, 2.75) is 33.2 Å². The first-order chi connectivity index (χ1) is 10.7. The summed E-state index contributed by atoms with van der Waals surface area (Å²) < 4.78 is 1.94. The second-order valence-electron chi connectivity index (χ2n) is 4.90. The van der Waals surface area contributed by atoms with E-state index in [1.165, 1.54) is 0 Å². The van der Waals surface area contributed by atoms with E-state index in [2.05, 4.69) is 39.2 Å². The number of aromatic nitrogens is 5. The van der Waals surface area contributed by atoms with Crippen LogP contribution >= 0.6 is 11.6 Å². The summed E-state index contributed by atoms with van der Waals surface area (Å²) in [5.41, 5.74) is 2.60. The molecule has 0 bridgehead atoms. The molecule has 0 saturated carbocycles. The number of anilines is 2. The zero-order chi connectivity index (χ0) is 15.5. The number of hydrogen-bond donors (Lipinski definition) is 1. The molecule has 0 radical (unpaired) electrons. The van der Waals surface area contributed by atoms with Crippen molar-refractivity contribution in [1.29, 1.82) is 0 Å². The van der Waals surface area contributed by atoms with Gasteiger partial charge in [-0.2, -0.15) is 10.1 Å². The van der Waals surface area contributed by atoms with Crippen LogP contribution in [0.1, 0.15) is 26.0 Å². The molecular weight excluding hydrogens is 300 g/mol. The highest BCUT2D eigenvalue weighted by molar-refractivity contribution is 6.28. The third kappa shape index (κ3) is 2.74. The number of aryl methyl sites for hydroxylation is 2. The fraction of sp³-hybridized carbons (Fsp3) is 0.333. The molecule has 0 spiro atoms. The minimum absolute atomic E-state index is 0.205. The second-order valence-corrected chi connectivity index (χ2v) is 5.24. The molecule has 0 aliphatic heterocycles. The molecule has 3 rings (SSSR count). The van der Waals surface area contributed by atoms with E-state index < -0.39 is 0 Å². The van der Waals surface area contributed by atoms with E-state index >= 15 is 0 Å². The first-order valence-electron chi connectivity index (χ1n) is 7.34. The molecule has 114 valence electrons. The second kappa shape index (κ2) is 6.27. The molecule has 1 N–H and O–H groups in total. The van der Waals surface area contributed by atoms with Gasteiger partial charge in [-0.05, 0) is 36.6 Å². The summed E-state index contributed by atoms with van der Waals surface area (Å²) in [5.74, 6) is 1.34. The Kier molecular flexibility index (Phi) is 4.20. The van der Waals surface area contributed by atoms with Crippen LogP contribution < -0.4 is 5.32 Å².